The summed E-state index contributed by atoms with van der Waals surface area (Å²) in [5.41, 5.74) is -0.125. The Bertz CT molecular complexity index is 475. The predicted octanol–water partition coefficient (Wildman–Crippen LogP) is 3.74. The Balaban J connectivity index is 1.89. The molecule has 1 atom stereocenters. The molecule has 5 heteroatoms. The van der Waals surface area contributed by atoms with Crippen molar-refractivity contribution in [2.24, 2.45) is 5.41 Å². The van der Waals surface area contributed by atoms with Crippen molar-refractivity contribution in [2.45, 2.75) is 71.0 Å². The average Bonchev–Trinajstić information content (AvgIpc) is 2.88. The minimum atomic E-state index is -0.831. The van der Waals surface area contributed by atoms with Gasteiger partial charge in [0.05, 0.1) is 11.2 Å². The van der Waals surface area contributed by atoms with Crippen molar-refractivity contribution in [2.75, 3.05) is 20.1 Å². The van der Waals surface area contributed by atoms with E-state index in [9.17, 15) is 0 Å². The van der Waals surface area contributed by atoms with Crippen LogP contribution in [0.4, 0.5) is 4.39 Å². The molecule has 2 aliphatic heterocycles. The molecule has 3 fully saturated rings. The fourth-order valence-corrected chi connectivity index (χ4v) is 4.29. The standard InChI is InChI=1S/C17H29BFNO2/c1-15(2)16(3,4)22-18(21-15)14(19)13-8-6-9-17(13)10-7-11-20(5)12-17/h6-12H2,1-5H3. The van der Waals surface area contributed by atoms with Gasteiger partial charge in [0, 0.05) is 12.0 Å². The van der Waals surface area contributed by atoms with Gasteiger partial charge in [-0.1, -0.05) is 0 Å². The van der Waals surface area contributed by atoms with Gasteiger partial charge in [-0.25, -0.2) is 4.39 Å². The molecule has 3 aliphatic rings. The van der Waals surface area contributed by atoms with Gasteiger partial charge in [-0.2, -0.15) is 0 Å². The Morgan fingerprint density at radius 2 is 1.68 bits per heavy atom. The summed E-state index contributed by atoms with van der Waals surface area (Å²) in [4.78, 5) is 2.34. The van der Waals surface area contributed by atoms with Gasteiger partial charge in [-0.15, -0.1) is 0 Å². The molecular weight excluding hydrogens is 280 g/mol. The largest absolute Gasteiger partial charge is 0.525 e. The molecule has 3 rings (SSSR count). The molecule has 2 heterocycles. The van der Waals surface area contributed by atoms with Crippen LogP contribution in [0.1, 0.15) is 59.8 Å². The van der Waals surface area contributed by atoms with E-state index in [0.29, 0.717) is 0 Å². The Hall–Kier alpha value is -0.385. The number of halogens is 1. The van der Waals surface area contributed by atoms with Crippen LogP contribution in [0.5, 0.6) is 0 Å². The fraction of sp³-hybridized carbons (Fsp3) is 0.882. The third kappa shape index (κ3) is 2.55. The van der Waals surface area contributed by atoms with Crippen LogP contribution >= 0.6 is 0 Å². The maximum absolute atomic E-state index is 15.3. The predicted molar refractivity (Wildman–Crippen MR) is 87.2 cm³/mol. The van der Waals surface area contributed by atoms with Crippen LogP contribution < -0.4 is 0 Å². The number of rotatable bonds is 1. The first-order valence-corrected chi connectivity index (χ1v) is 8.60. The molecule has 0 amide bonds. The summed E-state index contributed by atoms with van der Waals surface area (Å²) in [6.45, 7) is 9.99. The highest BCUT2D eigenvalue weighted by atomic mass is 19.1. The van der Waals surface area contributed by atoms with Crippen molar-refractivity contribution in [3.63, 3.8) is 0 Å². The van der Waals surface area contributed by atoms with Gasteiger partial charge in [0.15, 0.2) is 0 Å². The van der Waals surface area contributed by atoms with Gasteiger partial charge in [0.25, 0.3) is 0 Å². The zero-order valence-electron chi connectivity index (χ0n) is 14.7. The normalized spacial score (nSPS) is 37.1. The second kappa shape index (κ2) is 5.32. The summed E-state index contributed by atoms with van der Waals surface area (Å²) >= 11 is 0. The second-order valence-corrected chi connectivity index (χ2v) is 8.39. The molecular formula is C17H29BFNO2. The summed E-state index contributed by atoms with van der Waals surface area (Å²) in [7, 11) is 1.31. The van der Waals surface area contributed by atoms with Gasteiger partial charge in [0.2, 0.25) is 0 Å². The van der Waals surface area contributed by atoms with Crippen LogP contribution in [0.25, 0.3) is 0 Å². The average molecular weight is 309 g/mol. The van der Waals surface area contributed by atoms with E-state index < -0.39 is 18.3 Å². The smallest absolute Gasteiger partial charge is 0.398 e. The highest BCUT2D eigenvalue weighted by Gasteiger charge is 2.55. The van der Waals surface area contributed by atoms with E-state index in [0.717, 1.165) is 50.8 Å². The molecule has 1 unspecified atom stereocenters. The molecule has 3 nitrogen and oxygen atoms in total. The molecule has 0 aromatic carbocycles. The van der Waals surface area contributed by atoms with Crippen LogP contribution in [0.15, 0.2) is 11.3 Å². The molecule has 1 aliphatic carbocycles. The SMILES string of the molecule is CN1CCCC2(CCCC2=C(F)B2OC(C)(C)C(C)(C)O2)C1. The molecule has 2 saturated heterocycles. The van der Waals surface area contributed by atoms with Crippen molar-refractivity contribution in [3.05, 3.63) is 11.3 Å². The third-order valence-corrected chi connectivity index (χ3v) is 6.24. The van der Waals surface area contributed by atoms with Gasteiger partial charge in [0.1, 0.15) is 5.73 Å². The number of likely N-dealkylation sites (tertiary alicyclic amines) is 1. The van der Waals surface area contributed by atoms with Crippen molar-refractivity contribution >= 4 is 7.12 Å². The zero-order valence-corrected chi connectivity index (χ0v) is 14.7. The van der Waals surface area contributed by atoms with Crippen LogP contribution in [0.2, 0.25) is 0 Å². The van der Waals surface area contributed by atoms with Gasteiger partial charge < -0.3 is 14.2 Å². The van der Waals surface area contributed by atoms with E-state index in [1.807, 2.05) is 27.7 Å². The summed E-state index contributed by atoms with van der Waals surface area (Å²) in [5.74, 6) is 0. The summed E-state index contributed by atoms with van der Waals surface area (Å²) in [6, 6.07) is 0. The van der Waals surface area contributed by atoms with Crippen molar-refractivity contribution in [1.29, 1.82) is 0 Å². The monoisotopic (exact) mass is 309 g/mol. The Labute approximate surface area is 134 Å². The summed E-state index contributed by atoms with van der Waals surface area (Å²) < 4.78 is 27.1. The van der Waals surface area contributed by atoms with E-state index in [2.05, 4.69) is 11.9 Å². The van der Waals surface area contributed by atoms with Gasteiger partial charge >= 0.3 is 7.12 Å². The Morgan fingerprint density at radius 3 is 2.27 bits per heavy atom. The fourth-order valence-electron chi connectivity index (χ4n) is 4.29. The lowest BCUT2D eigenvalue weighted by molar-refractivity contribution is 0.00578. The van der Waals surface area contributed by atoms with E-state index in [1.54, 1.807) is 0 Å². The van der Waals surface area contributed by atoms with Crippen LogP contribution in [-0.2, 0) is 9.31 Å². The Morgan fingerprint density at radius 1 is 1.09 bits per heavy atom. The number of hydrogen-bond acceptors (Lipinski definition) is 3. The lowest BCUT2D eigenvalue weighted by atomic mass is 9.70. The molecule has 0 aromatic rings. The molecule has 0 radical (unpaired) electrons. The molecule has 0 bridgehead atoms. The van der Waals surface area contributed by atoms with Crippen molar-refractivity contribution < 1.29 is 13.7 Å². The quantitative estimate of drug-likeness (QED) is 0.689. The highest BCUT2D eigenvalue weighted by Crippen LogP contribution is 2.51. The first-order valence-electron chi connectivity index (χ1n) is 8.60. The van der Waals surface area contributed by atoms with Crippen molar-refractivity contribution in [3.8, 4) is 0 Å². The molecule has 124 valence electrons. The minimum absolute atomic E-state index is 0.0146. The first-order chi connectivity index (χ1) is 10.2. The molecule has 0 N–H and O–H groups in total. The third-order valence-electron chi connectivity index (χ3n) is 6.24. The Kier molecular flexibility index (Phi) is 3.98. The number of hydrogen-bond donors (Lipinski definition) is 0. The van der Waals surface area contributed by atoms with Gasteiger partial charge in [-0.05, 0) is 79.0 Å². The topological polar surface area (TPSA) is 21.7 Å². The maximum Gasteiger partial charge on any atom is 0.525 e. The van der Waals surface area contributed by atoms with E-state index >= 15 is 4.39 Å². The summed E-state index contributed by atoms with van der Waals surface area (Å²) in [6.07, 6.45) is 5.27. The highest BCUT2D eigenvalue weighted by molar-refractivity contribution is 6.53. The zero-order chi connectivity index (χ0) is 16.2. The summed E-state index contributed by atoms with van der Waals surface area (Å²) in [5, 5.41) is 0. The molecule has 1 saturated carbocycles. The minimum Gasteiger partial charge on any atom is -0.398 e. The van der Waals surface area contributed by atoms with E-state index in [4.69, 9.17) is 9.31 Å². The first kappa shape index (κ1) is 16.5. The molecule has 0 aromatic heterocycles. The van der Waals surface area contributed by atoms with Crippen LogP contribution in [0.3, 0.4) is 0 Å². The van der Waals surface area contributed by atoms with Crippen molar-refractivity contribution in [1.82, 2.24) is 4.90 Å². The molecule has 1 spiro atoms. The lowest BCUT2D eigenvalue weighted by Crippen LogP contribution is -2.41. The van der Waals surface area contributed by atoms with E-state index in [1.165, 1.54) is 0 Å². The molecule has 22 heavy (non-hydrogen) atoms. The van der Waals surface area contributed by atoms with Gasteiger partial charge in [-0.3, -0.25) is 0 Å². The second-order valence-electron chi connectivity index (χ2n) is 8.39. The van der Waals surface area contributed by atoms with Crippen LogP contribution in [0, 0.1) is 5.41 Å². The maximum atomic E-state index is 15.3. The van der Waals surface area contributed by atoms with Crippen LogP contribution in [-0.4, -0.2) is 43.4 Å². The number of piperidine rings is 1. The lowest BCUT2D eigenvalue weighted by Gasteiger charge is -2.40. The number of nitrogens with zero attached hydrogens (tertiary/aromatic N) is 1. The van der Waals surface area contributed by atoms with E-state index in [-0.39, 0.29) is 11.1 Å².